The van der Waals surface area contributed by atoms with Gasteiger partial charge in [-0.2, -0.15) is 4.99 Å². The maximum atomic E-state index is 10.8. The average Bonchev–Trinajstić information content (AvgIpc) is 2.14. The zero-order valence-electron chi connectivity index (χ0n) is 9.13. The molecule has 8 N–H and O–H groups in total. The summed E-state index contributed by atoms with van der Waals surface area (Å²) in [5.74, 6) is -0.635. The van der Waals surface area contributed by atoms with E-state index in [1.807, 2.05) is 0 Å². The van der Waals surface area contributed by atoms with Crippen LogP contribution in [0.2, 0.25) is 0 Å². The van der Waals surface area contributed by atoms with Crippen LogP contribution in [-0.4, -0.2) is 17.8 Å². The zero-order valence-corrected chi connectivity index (χ0v) is 9.13. The van der Waals surface area contributed by atoms with Crippen molar-refractivity contribution in [3.05, 3.63) is 29.8 Å². The van der Waals surface area contributed by atoms with Crippen LogP contribution in [0.1, 0.15) is 5.56 Å². The quantitative estimate of drug-likeness (QED) is 0.389. The first-order valence-electron chi connectivity index (χ1n) is 4.78. The van der Waals surface area contributed by atoms with Crippen LogP contribution in [0.25, 0.3) is 0 Å². The molecule has 0 heterocycles. The molecule has 7 nitrogen and oxygen atoms in total. The fourth-order valence-electron chi connectivity index (χ4n) is 1.23. The number of nitrogens with zero attached hydrogens (tertiary/aromatic N) is 2. The van der Waals surface area contributed by atoms with Crippen molar-refractivity contribution in [2.24, 2.45) is 32.9 Å². The maximum Gasteiger partial charge on any atom is 0.223 e. The van der Waals surface area contributed by atoms with Crippen molar-refractivity contribution in [1.29, 1.82) is 0 Å². The summed E-state index contributed by atoms with van der Waals surface area (Å²) in [6.07, 6.45) is 0.144. The fourth-order valence-corrected chi connectivity index (χ4v) is 1.23. The number of nitrogens with two attached hydrogens (primary N) is 4. The Bertz CT molecular complexity index is 475. The number of aliphatic imine (C=N–C) groups is 2. The lowest BCUT2D eigenvalue weighted by atomic mass is 10.1. The highest BCUT2D eigenvalue weighted by atomic mass is 16.1. The molecule has 1 aromatic rings. The molecule has 0 spiro atoms. The minimum Gasteiger partial charge on any atom is -0.370 e. The number of amides is 1. The molecule has 0 aliphatic rings. The van der Waals surface area contributed by atoms with Gasteiger partial charge in [0, 0.05) is 0 Å². The van der Waals surface area contributed by atoms with Gasteiger partial charge in [-0.25, -0.2) is 4.99 Å². The molecule has 17 heavy (non-hydrogen) atoms. The van der Waals surface area contributed by atoms with Crippen molar-refractivity contribution in [3.8, 4) is 0 Å². The van der Waals surface area contributed by atoms with E-state index in [1.54, 1.807) is 24.3 Å². The lowest BCUT2D eigenvalue weighted by molar-refractivity contribution is -0.117. The molecule has 0 unspecified atom stereocenters. The summed E-state index contributed by atoms with van der Waals surface area (Å²) in [6.45, 7) is 0. The Hall–Kier alpha value is -2.57. The average molecular weight is 234 g/mol. The first kappa shape index (κ1) is 12.5. The van der Waals surface area contributed by atoms with Gasteiger partial charge in [-0.1, -0.05) is 12.1 Å². The van der Waals surface area contributed by atoms with Gasteiger partial charge in [-0.15, -0.1) is 0 Å². The van der Waals surface area contributed by atoms with Crippen LogP contribution in [-0.2, 0) is 11.2 Å². The van der Waals surface area contributed by atoms with Crippen molar-refractivity contribution in [1.82, 2.24) is 0 Å². The summed E-state index contributed by atoms with van der Waals surface area (Å²) in [4.78, 5) is 18.3. The summed E-state index contributed by atoms with van der Waals surface area (Å²) in [5, 5.41) is 0. The van der Waals surface area contributed by atoms with Crippen LogP contribution < -0.4 is 22.9 Å². The SMILES string of the molecule is NC(=O)Cc1cccc(N=C(N)N=C(N)N)c1. The van der Waals surface area contributed by atoms with Gasteiger partial charge in [0.1, 0.15) is 0 Å². The number of primary amides is 1. The Morgan fingerprint density at radius 2 is 1.88 bits per heavy atom. The van der Waals surface area contributed by atoms with Crippen molar-refractivity contribution < 1.29 is 4.79 Å². The van der Waals surface area contributed by atoms with Gasteiger partial charge in [0.15, 0.2) is 5.96 Å². The van der Waals surface area contributed by atoms with Crippen LogP contribution in [0.5, 0.6) is 0 Å². The lowest BCUT2D eigenvalue weighted by Gasteiger charge is -2.00. The first-order chi connectivity index (χ1) is 7.97. The van der Waals surface area contributed by atoms with Gasteiger partial charge in [0.25, 0.3) is 0 Å². The number of carbonyl (C=O) groups excluding carboxylic acids is 1. The number of carbonyl (C=O) groups is 1. The minimum atomic E-state index is -0.414. The number of guanidine groups is 2. The van der Waals surface area contributed by atoms with Crippen LogP contribution in [0.4, 0.5) is 5.69 Å². The normalized spacial score (nSPS) is 10.9. The van der Waals surface area contributed by atoms with Gasteiger partial charge in [0.2, 0.25) is 11.9 Å². The van der Waals surface area contributed by atoms with E-state index in [2.05, 4.69) is 9.98 Å². The third-order valence-electron chi connectivity index (χ3n) is 1.78. The summed E-state index contributed by atoms with van der Waals surface area (Å²) >= 11 is 0. The van der Waals surface area contributed by atoms with Gasteiger partial charge in [-0.05, 0) is 17.7 Å². The van der Waals surface area contributed by atoms with Crippen molar-refractivity contribution in [2.45, 2.75) is 6.42 Å². The molecule has 0 bridgehead atoms. The number of hydrogen-bond acceptors (Lipinski definition) is 2. The molecule has 0 atom stereocenters. The van der Waals surface area contributed by atoms with Gasteiger partial charge >= 0.3 is 0 Å². The van der Waals surface area contributed by atoms with Gasteiger partial charge < -0.3 is 22.9 Å². The van der Waals surface area contributed by atoms with Crippen molar-refractivity contribution >= 4 is 23.5 Å². The standard InChI is InChI=1S/C10H14N6O/c11-8(17)5-6-2-1-3-7(4-6)15-10(14)16-9(12)13/h1-4H,5H2,(H2,11,17)(H6,12,13,14,15,16). The zero-order chi connectivity index (χ0) is 12.8. The molecule has 0 saturated carbocycles. The Kier molecular flexibility index (Phi) is 4.04. The van der Waals surface area contributed by atoms with E-state index in [0.29, 0.717) is 5.69 Å². The molecule has 0 aromatic heterocycles. The van der Waals surface area contributed by atoms with Crippen LogP contribution in [0.3, 0.4) is 0 Å². The Balaban J connectivity index is 2.92. The highest BCUT2D eigenvalue weighted by Gasteiger charge is 1.99. The van der Waals surface area contributed by atoms with E-state index in [1.165, 1.54) is 0 Å². The molecule has 0 fully saturated rings. The van der Waals surface area contributed by atoms with E-state index in [-0.39, 0.29) is 18.3 Å². The molecule has 0 aliphatic heterocycles. The second-order valence-corrected chi connectivity index (χ2v) is 3.32. The smallest absolute Gasteiger partial charge is 0.223 e. The van der Waals surface area contributed by atoms with Crippen LogP contribution in [0.15, 0.2) is 34.3 Å². The predicted octanol–water partition coefficient (Wildman–Crippen LogP) is -1.07. The highest BCUT2D eigenvalue weighted by molar-refractivity contribution is 5.93. The third-order valence-corrected chi connectivity index (χ3v) is 1.78. The summed E-state index contributed by atoms with van der Waals surface area (Å²) in [5.41, 5.74) is 22.1. The topological polar surface area (TPSA) is 146 Å². The van der Waals surface area contributed by atoms with E-state index >= 15 is 0 Å². The largest absolute Gasteiger partial charge is 0.370 e. The van der Waals surface area contributed by atoms with Crippen LogP contribution in [0, 0.1) is 0 Å². The molecule has 0 radical (unpaired) electrons. The lowest BCUT2D eigenvalue weighted by Crippen LogP contribution is -2.26. The molecule has 1 rings (SSSR count). The van der Waals surface area contributed by atoms with Gasteiger partial charge in [-0.3, -0.25) is 4.79 Å². The summed E-state index contributed by atoms with van der Waals surface area (Å²) in [6, 6.07) is 6.89. The van der Waals surface area contributed by atoms with Crippen molar-refractivity contribution in [3.63, 3.8) is 0 Å². The maximum absolute atomic E-state index is 10.8. The second-order valence-electron chi connectivity index (χ2n) is 3.32. The number of benzene rings is 1. The van der Waals surface area contributed by atoms with E-state index in [9.17, 15) is 4.79 Å². The molecule has 90 valence electrons. The van der Waals surface area contributed by atoms with Crippen molar-refractivity contribution in [2.75, 3.05) is 0 Å². The highest BCUT2D eigenvalue weighted by Crippen LogP contribution is 2.14. The molecule has 1 aromatic carbocycles. The second kappa shape index (κ2) is 5.50. The first-order valence-corrected chi connectivity index (χ1v) is 4.78. The molecule has 7 heteroatoms. The Labute approximate surface area is 98.2 Å². The van der Waals surface area contributed by atoms with E-state index < -0.39 is 5.91 Å². The van der Waals surface area contributed by atoms with Crippen LogP contribution >= 0.6 is 0 Å². The fraction of sp³-hybridized carbons (Fsp3) is 0.100. The van der Waals surface area contributed by atoms with E-state index in [0.717, 1.165) is 5.56 Å². The summed E-state index contributed by atoms with van der Waals surface area (Å²) < 4.78 is 0. The number of hydrogen-bond donors (Lipinski definition) is 4. The summed E-state index contributed by atoms with van der Waals surface area (Å²) in [7, 11) is 0. The minimum absolute atomic E-state index is 0.0544. The predicted molar refractivity (Wildman–Crippen MR) is 66.4 cm³/mol. The molecular formula is C10H14N6O. The molecule has 1 amide bonds. The third kappa shape index (κ3) is 4.65. The number of rotatable bonds is 3. The molecule has 0 aliphatic carbocycles. The molecule has 0 saturated heterocycles. The molecular weight excluding hydrogens is 220 g/mol. The Morgan fingerprint density at radius 1 is 1.18 bits per heavy atom. The Morgan fingerprint density at radius 3 is 2.47 bits per heavy atom. The van der Waals surface area contributed by atoms with Gasteiger partial charge in [0.05, 0.1) is 12.1 Å². The monoisotopic (exact) mass is 234 g/mol. The van der Waals surface area contributed by atoms with E-state index in [4.69, 9.17) is 22.9 Å².